The molecule has 4 rings (SSSR count). The number of amides is 1. The third kappa shape index (κ3) is 1.56. The Morgan fingerprint density at radius 1 is 0.947 bits per heavy atom. The third-order valence-electron chi connectivity index (χ3n) is 3.95. The summed E-state index contributed by atoms with van der Waals surface area (Å²) in [5.74, 6) is 0.266. The number of benzene rings is 1. The topological polar surface area (TPSA) is 46.1 Å². The number of anilines is 1. The Balaban J connectivity index is 1.89. The van der Waals surface area contributed by atoms with E-state index in [1.54, 1.807) is 6.33 Å². The van der Waals surface area contributed by atoms with E-state index in [1.807, 2.05) is 17.3 Å². The van der Waals surface area contributed by atoms with Crippen LogP contribution in [0.2, 0.25) is 0 Å². The number of aromatic nitrogens is 2. The van der Waals surface area contributed by atoms with E-state index < -0.39 is 0 Å². The van der Waals surface area contributed by atoms with Crippen LogP contribution in [-0.2, 0) is 17.6 Å². The molecule has 1 aromatic heterocycles. The predicted octanol–water partition coefficient (Wildman–Crippen LogP) is 1.98. The Kier molecular flexibility index (Phi) is 2.18. The van der Waals surface area contributed by atoms with Crippen LogP contribution in [0.1, 0.15) is 17.5 Å². The van der Waals surface area contributed by atoms with Gasteiger partial charge in [-0.15, -0.1) is 0 Å². The molecule has 0 aliphatic carbocycles. The highest BCUT2D eigenvalue weighted by Crippen LogP contribution is 2.39. The van der Waals surface area contributed by atoms with Crippen LogP contribution in [0.5, 0.6) is 0 Å². The molecule has 0 saturated carbocycles. The maximum Gasteiger partial charge on any atom is 0.227 e. The number of hydrogen-bond donors (Lipinski definition) is 0. The standard InChI is InChI=1S/C15H13N3O/c19-14-2-1-10-5-12(13-7-16-9-17-8-13)6-11-3-4-18(14)15(10)11/h5-9H,1-4H2. The molecule has 0 fully saturated rings. The second kappa shape index (κ2) is 3.88. The fourth-order valence-electron chi connectivity index (χ4n) is 3.07. The van der Waals surface area contributed by atoms with Gasteiger partial charge in [0.25, 0.3) is 0 Å². The first kappa shape index (κ1) is 10.7. The van der Waals surface area contributed by atoms with Gasteiger partial charge < -0.3 is 4.90 Å². The van der Waals surface area contributed by atoms with Crippen molar-refractivity contribution in [1.29, 1.82) is 0 Å². The van der Waals surface area contributed by atoms with Gasteiger partial charge in [0.15, 0.2) is 0 Å². The zero-order valence-electron chi connectivity index (χ0n) is 10.5. The van der Waals surface area contributed by atoms with Crippen molar-refractivity contribution in [3.63, 3.8) is 0 Å². The van der Waals surface area contributed by atoms with Gasteiger partial charge in [-0.05, 0) is 41.7 Å². The highest BCUT2D eigenvalue weighted by atomic mass is 16.2. The summed E-state index contributed by atoms with van der Waals surface area (Å²) in [6.07, 6.45) is 7.64. The minimum absolute atomic E-state index is 0.266. The molecule has 0 radical (unpaired) electrons. The number of carbonyl (C=O) groups excluding carboxylic acids is 1. The summed E-state index contributed by atoms with van der Waals surface area (Å²) in [6, 6.07) is 4.36. The molecule has 0 saturated heterocycles. The molecular weight excluding hydrogens is 238 g/mol. The molecule has 0 unspecified atom stereocenters. The number of carbonyl (C=O) groups is 1. The Labute approximate surface area is 111 Å². The SMILES string of the molecule is O=C1CCc2cc(-c3cncnc3)cc3c2N1CC3. The zero-order valence-corrected chi connectivity index (χ0v) is 10.5. The molecule has 19 heavy (non-hydrogen) atoms. The van der Waals surface area contributed by atoms with E-state index in [-0.39, 0.29) is 5.91 Å². The summed E-state index contributed by atoms with van der Waals surface area (Å²) >= 11 is 0. The number of hydrogen-bond acceptors (Lipinski definition) is 3. The molecule has 2 aliphatic heterocycles. The van der Waals surface area contributed by atoms with Crippen LogP contribution < -0.4 is 4.90 Å². The highest BCUT2D eigenvalue weighted by molar-refractivity contribution is 5.99. The van der Waals surface area contributed by atoms with E-state index in [0.717, 1.165) is 36.2 Å². The van der Waals surface area contributed by atoms with Gasteiger partial charge in [-0.1, -0.05) is 0 Å². The molecule has 4 nitrogen and oxygen atoms in total. The predicted molar refractivity (Wildman–Crippen MR) is 71.8 cm³/mol. The third-order valence-corrected chi connectivity index (χ3v) is 3.95. The van der Waals surface area contributed by atoms with E-state index in [0.29, 0.717) is 6.42 Å². The molecule has 0 atom stereocenters. The first-order valence-corrected chi connectivity index (χ1v) is 6.54. The average molecular weight is 251 g/mol. The van der Waals surface area contributed by atoms with Crippen molar-refractivity contribution in [2.75, 3.05) is 11.4 Å². The van der Waals surface area contributed by atoms with Gasteiger partial charge in [-0.2, -0.15) is 0 Å². The molecule has 0 spiro atoms. The van der Waals surface area contributed by atoms with Crippen LogP contribution in [0.25, 0.3) is 11.1 Å². The van der Waals surface area contributed by atoms with Crippen molar-refractivity contribution in [1.82, 2.24) is 9.97 Å². The van der Waals surface area contributed by atoms with Crippen LogP contribution in [0, 0.1) is 0 Å². The molecule has 94 valence electrons. The lowest BCUT2D eigenvalue weighted by Crippen LogP contribution is -2.32. The minimum Gasteiger partial charge on any atom is -0.312 e. The van der Waals surface area contributed by atoms with Gasteiger partial charge in [0.2, 0.25) is 5.91 Å². The van der Waals surface area contributed by atoms with Crippen molar-refractivity contribution in [3.05, 3.63) is 42.0 Å². The molecule has 2 aromatic rings. The normalized spacial score (nSPS) is 16.6. The Hall–Kier alpha value is -2.23. The van der Waals surface area contributed by atoms with E-state index in [4.69, 9.17) is 0 Å². The second-order valence-corrected chi connectivity index (χ2v) is 5.07. The summed E-state index contributed by atoms with van der Waals surface area (Å²) < 4.78 is 0. The molecule has 1 amide bonds. The fourth-order valence-corrected chi connectivity index (χ4v) is 3.07. The quantitative estimate of drug-likeness (QED) is 0.778. The molecule has 0 N–H and O–H groups in total. The lowest BCUT2D eigenvalue weighted by Gasteiger charge is -2.25. The van der Waals surface area contributed by atoms with Crippen molar-refractivity contribution >= 4 is 11.6 Å². The lowest BCUT2D eigenvalue weighted by atomic mass is 9.95. The summed E-state index contributed by atoms with van der Waals surface area (Å²) in [5, 5.41) is 0. The molecule has 2 aliphatic rings. The van der Waals surface area contributed by atoms with Crippen LogP contribution >= 0.6 is 0 Å². The van der Waals surface area contributed by atoms with Crippen LogP contribution in [0.3, 0.4) is 0 Å². The van der Waals surface area contributed by atoms with E-state index in [1.165, 1.54) is 11.1 Å². The van der Waals surface area contributed by atoms with Crippen LogP contribution in [-0.4, -0.2) is 22.4 Å². The number of aryl methyl sites for hydroxylation is 1. The molecule has 4 heteroatoms. The van der Waals surface area contributed by atoms with E-state index in [9.17, 15) is 4.79 Å². The smallest absolute Gasteiger partial charge is 0.227 e. The van der Waals surface area contributed by atoms with Crippen molar-refractivity contribution in [2.24, 2.45) is 0 Å². The van der Waals surface area contributed by atoms with E-state index >= 15 is 0 Å². The van der Waals surface area contributed by atoms with Gasteiger partial charge in [-0.25, -0.2) is 9.97 Å². The number of rotatable bonds is 1. The fraction of sp³-hybridized carbons (Fsp3) is 0.267. The highest BCUT2D eigenvalue weighted by Gasteiger charge is 2.31. The van der Waals surface area contributed by atoms with E-state index in [2.05, 4.69) is 22.1 Å². The maximum atomic E-state index is 11.9. The zero-order chi connectivity index (χ0) is 12.8. The summed E-state index contributed by atoms with van der Waals surface area (Å²) in [7, 11) is 0. The van der Waals surface area contributed by atoms with Gasteiger partial charge in [0.05, 0.1) is 5.69 Å². The lowest BCUT2D eigenvalue weighted by molar-refractivity contribution is -0.118. The summed E-state index contributed by atoms with van der Waals surface area (Å²) in [5.41, 5.74) is 5.93. The van der Waals surface area contributed by atoms with Gasteiger partial charge in [0, 0.05) is 30.9 Å². The van der Waals surface area contributed by atoms with Crippen molar-refractivity contribution in [3.8, 4) is 11.1 Å². The molecule has 3 heterocycles. The Morgan fingerprint density at radius 2 is 1.68 bits per heavy atom. The van der Waals surface area contributed by atoms with Crippen molar-refractivity contribution < 1.29 is 4.79 Å². The van der Waals surface area contributed by atoms with Gasteiger partial charge >= 0.3 is 0 Å². The monoisotopic (exact) mass is 251 g/mol. The molecule has 0 bridgehead atoms. The van der Waals surface area contributed by atoms with Crippen LogP contribution in [0.15, 0.2) is 30.9 Å². The Bertz CT molecular complexity index is 667. The Morgan fingerprint density at radius 3 is 2.47 bits per heavy atom. The molecular formula is C15H13N3O. The maximum absolute atomic E-state index is 11.9. The minimum atomic E-state index is 0.266. The number of nitrogens with zero attached hydrogens (tertiary/aromatic N) is 3. The first-order chi connectivity index (χ1) is 9.33. The van der Waals surface area contributed by atoms with Gasteiger partial charge in [-0.3, -0.25) is 4.79 Å². The summed E-state index contributed by atoms with van der Waals surface area (Å²) in [4.78, 5) is 22.0. The summed E-state index contributed by atoms with van der Waals surface area (Å²) in [6.45, 7) is 0.829. The largest absolute Gasteiger partial charge is 0.312 e. The van der Waals surface area contributed by atoms with Crippen molar-refractivity contribution in [2.45, 2.75) is 19.3 Å². The second-order valence-electron chi connectivity index (χ2n) is 5.07. The first-order valence-electron chi connectivity index (χ1n) is 6.54. The average Bonchev–Trinajstić information content (AvgIpc) is 2.89. The van der Waals surface area contributed by atoms with Crippen LogP contribution in [0.4, 0.5) is 5.69 Å². The van der Waals surface area contributed by atoms with Gasteiger partial charge in [0.1, 0.15) is 6.33 Å². The molecule has 1 aromatic carbocycles.